The van der Waals surface area contributed by atoms with Gasteiger partial charge in [0.15, 0.2) is 0 Å². The van der Waals surface area contributed by atoms with Crippen molar-refractivity contribution < 1.29 is 9.47 Å². The zero-order chi connectivity index (χ0) is 27.8. The first-order valence-corrected chi connectivity index (χ1v) is 13.6. The van der Waals surface area contributed by atoms with Crippen LogP contribution in [0, 0.1) is 0 Å². The van der Waals surface area contributed by atoms with E-state index >= 15 is 0 Å². The molecular weight excluding hydrogens is 504 g/mol. The van der Waals surface area contributed by atoms with Crippen molar-refractivity contribution in [2.24, 2.45) is 0 Å². The number of anilines is 2. The molecule has 0 bridgehead atoms. The molecule has 6 aromatic carbocycles. The fraction of sp³-hybridized carbons (Fsp3) is 0.0270. The third-order valence-corrected chi connectivity index (χ3v) is 7.76. The van der Waals surface area contributed by atoms with Gasteiger partial charge in [-0.25, -0.2) is 0 Å². The van der Waals surface area contributed by atoms with Crippen molar-refractivity contribution in [2.45, 2.75) is 5.41 Å². The van der Waals surface area contributed by atoms with E-state index < -0.39 is 5.41 Å². The summed E-state index contributed by atoms with van der Waals surface area (Å²) in [6.45, 7) is 0. The highest BCUT2D eigenvalue weighted by Gasteiger charge is 2.45. The van der Waals surface area contributed by atoms with Crippen LogP contribution in [0.3, 0.4) is 0 Å². The first-order chi connectivity index (χ1) is 20.1. The lowest BCUT2D eigenvalue weighted by molar-refractivity contribution is 0.482. The van der Waals surface area contributed by atoms with Gasteiger partial charge in [-0.15, -0.1) is 0 Å². The van der Waals surface area contributed by atoms with E-state index in [0.717, 1.165) is 34.1 Å². The number of hydrogen-bond donors (Lipinski definition) is 2. The number of hydrogen-bond acceptors (Lipinski definition) is 4. The minimum absolute atomic E-state index is 0.507. The third kappa shape index (κ3) is 4.26. The van der Waals surface area contributed by atoms with Crippen LogP contribution in [0.4, 0.5) is 11.4 Å². The van der Waals surface area contributed by atoms with Crippen LogP contribution in [0.15, 0.2) is 146 Å². The Morgan fingerprint density at radius 2 is 0.683 bits per heavy atom. The molecular formula is C37H28N2O2. The molecule has 0 heterocycles. The van der Waals surface area contributed by atoms with Gasteiger partial charge < -0.3 is 20.9 Å². The average Bonchev–Trinajstić information content (AvgIpc) is 3.32. The van der Waals surface area contributed by atoms with Gasteiger partial charge >= 0.3 is 0 Å². The molecule has 1 aliphatic rings. The Hall–Kier alpha value is -5.48. The van der Waals surface area contributed by atoms with Crippen LogP contribution in [0.5, 0.6) is 23.0 Å². The lowest BCUT2D eigenvalue weighted by Gasteiger charge is -2.34. The summed E-state index contributed by atoms with van der Waals surface area (Å²) in [6, 6.07) is 49.1. The summed E-state index contributed by atoms with van der Waals surface area (Å²) in [5.41, 5.74) is 19.9. The smallest absolute Gasteiger partial charge is 0.127 e. The number of nitrogen functional groups attached to an aromatic ring is 2. The maximum absolute atomic E-state index is 6.13. The lowest BCUT2D eigenvalue weighted by atomic mass is 9.68. The Morgan fingerprint density at radius 3 is 1.05 bits per heavy atom. The summed E-state index contributed by atoms with van der Waals surface area (Å²) in [7, 11) is 0. The van der Waals surface area contributed by atoms with Crippen LogP contribution >= 0.6 is 0 Å². The summed E-state index contributed by atoms with van der Waals surface area (Å²) < 4.78 is 12.3. The van der Waals surface area contributed by atoms with Crippen LogP contribution in [-0.2, 0) is 5.41 Å². The van der Waals surface area contributed by atoms with Crippen LogP contribution in [0.1, 0.15) is 22.3 Å². The summed E-state index contributed by atoms with van der Waals surface area (Å²) in [5, 5.41) is 0. The van der Waals surface area contributed by atoms with E-state index in [1.54, 1.807) is 0 Å². The molecule has 0 fully saturated rings. The maximum Gasteiger partial charge on any atom is 0.127 e. The molecule has 0 atom stereocenters. The van der Waals surface area contributed by atoms with Crippen LogP contribution < -0.4 is 20.9 Å². The summed E-state index contributed by atoms with van der Waals surface area (Å²) in [6.07, 6.45) is 0. The predicted molar refractivity (Wildman–Crippen MR) is 166 cm³/mol. The van der Waals surface area contributed by atoms with Crippen LogP contribution in [-0.4, -0.2) is 0 Å². The fourth-order valence-electron chi connectivity index (χ4n) is 5.91. The second-order valence-corrected chi connectivity index (χ2v) is 10.2. The van der Waals surface area contributed by atoms with Crippen molar-refractivity contribution in [3.8, 4) is 34.1 Å². The Kier molecular flexibility index (Phi) is 5.94. The monoisotopic (exact) mass is 532 g/mol. The number of fused-ring (bicyclic) bond motifs is 3. The Balaban J connectivity index is 1.34. The average molecular weight is 533 g/mol. The van der Waals surface area contributed by atoms with Gasteiger partial charge in [0, 0.05) is 11.4 Å². The molecule has 0 unspecified atom stereocenters. The van der Waals surface area contributed by atoms with Crippen LogP contribution in [0.2, 0.25) is 0 Å². The van der Waals surface area contributed by atoms with Gasteiger partial charge in [-0.1, -0.05) is 72.8 Å². The lowest BCUT2D eigenvalue weighted by Crippen LogP contribution is -2.28. The van der Waals surface area contributed by atoms with Crippen molar-refractivity contribution >= 4 is 11.4 Å². The molecule has 0 spiro atoms. The molecule has 198 valence electrons. The number of ether oxygens (including phenoxy) is 2. The summed E-state index contributed by atoms with van der Waals surface area (Å²) in [4.78, 5) is 0. The zero-order valence-electron chi connectivity index (χ0n) is 22.3. The van der Waals surface area contributed by atoms with Gasteiger partial charge in [0.25, 0.3) is 0 Å². The van der Waals surface area contributed by atoms with E-state index in [-0.39, 0.29) is 0 Å². The van der Waals surface area contributed by atoms with Crippen molar-refractivity contribution in [2.75, 3.05) is 11.5 Å². The van der Waals surface area contributed by atoms with Crippen molar-refractivity contribution in [3.05, 3.63) is 168 Å². The molecule has 0 aromatic heterocycles. The van der Waals surface area contributed by atoms with Crippen LogP contribution in [0.25, 0.3) is 11.1 Å². The minimum Gasteiger partial charge on any atom is -0.457 e. The van der Waals surface area contributed by atoms with Crippen molar-refractivity contribution in [3.63, 3.8) is 0 Å². The first-order valence-electron chi connectivity index (χ1n) is 13.6. The molecule has 4 nitrogen and oxygen atoms in total. The molecule has 7 rings (SSSR count). The summed E-state index contributed by atoms with van der Waals surface area (Å²) >= 11 is 0. The predicted octanol–water partition coefficient (Wildman–Crippen LogP) is 8.80. The molecule has 0 aliphatic heterocycles. The Bertz CT molecular complexity index is 1690. The number of rotatable bonds is 6. The van der Waals surface area contributed by atoms with Crippen molar-refractivity contribution in [1.29, 1.82) is 0 Å². The van der Waals surface area contributed by atoms with E-state index in [1.165, 1.54) is 22.3 Å². The second-order valence-electron chi connectivity index (χ2n) is 10.2. The highest BCUT2D eigenvalue weighted by Crippen LogP contribution is 2.56. The Labute approximate surface area is 239 Å². The molecule has 4 heteroatoms. The normalized spacial score (nSPS) is 12.8. The highest BCUT2D eigenvalue weighted by atomic mass is 16.5. The maximum atomic E-state index is 6.13. The molecule has 1 aliphatic carbocycles. The van der Waals surface area contributed by atoms with Gasteiger partial charge in [0.1, 0.15) is 23.0 Å². The topological polar surface area (TPSA) is 70.5 Å². The zero-order valence-corrected chi connectivity index (χ0v) is 22.3. The molecule has 0 saturated heterocycles. The largest absolute Gasteiger partial charge is 0.457 e. The van der Waals surface area contributed by atoms with E-state index in [1.807, 2.05) is 72.8 Å². The molecule has 41 heavy (non-hydrogen) atoms. The highest BCUT2D eigenvalue weighted by molar-refractivity contribution is 5.86. The first kappa shape index (κ1) is 24.6. The standard InChI is InChI=1S/C37H28N2O2/c38-27-13-21-31(22-14-27)40-29-17-9-25(10-18-29)37(35-7-3-1-5-33(35)34-6-2-4-8-36(34)37)26-11-19-30(20-12-26)41-32-23-15-28(39)16-24-32/h1-24H,38-39H2. The SMILES string of the molecule is Nc1ccc(Oc2ccc(C3(c4ccc(Oc5ccc(N)cc5)cc4)c4ccccc4-c4ccccc43)cc2)cc1. The quantitative estimate of drug-likeness (QED) is 0.210. The van der Waals surface area contributed by atoms with Gasteiger partial charge in [-0.05, 0) is 106 Å². The Morgan fingerprint density at radius 1 is 0.366 bits per heavy atom. The number of benzene rings is 6. The van der Waals surface area contributed by atoms with Gasteiger partial charge in [-0.2, -0.15) is 0 Å². The fourth-order valence-corrected chi connectivity index (χ4v) is 5.91. The third-order valence-electron chi connectivity index (χ3n) is 7.76. The van der Waals surface area contributed by atoms with Gasteiger partial charge in [-0.3, -0.25) is 0 Å². The van der Waals surface area contributed by atoms with E-state index in [0.29, 0.717) is 11.4 Å². The molecule has 6 aromatic rings. The van der Waals surface area contributed by atoms with Gasteiger partial charge in [0.2, 0.25) is 0 Å². The molecule has 0 saturated carbocycles. The molecule has 4 N–H and O–H groups in total. The van der Waals surface area contributed by atoms with Crippen molar-refractivity contribution in [1.82, 2.24) is 0 Å². The minimum atomic E-state index is -0.507. The second kappa shape index (κ2) is 9.92. The molecule has 0 radical (unpaired) electrons. The number of nitrogens with two attached hydrogens (primary N) is 2. The van der Waals surface area contributed by atoms with E-state index in [4.69, 9.17) is 20.9 Å². The van der Waals surface area contributed by atoms with E-state index in [2.05, 4.69) is 72.8 Å². The summed E-state index contributed by atoms with van der Waals surface area (Å²) in [5.74, 6) is 3.02. The van der Waals surface area contributed by atoms with E-state index in [9.17, 15) is 0 Å². The van der Waals surface area contributed by atoms with Gasteiger partial charge in [0.05, 0.1) is 5.41 Å². The molecule has 0 amide bonds.